The van der Waals surface area contributed by atoms with E-state index >= 15 is 0 Å². The Kier molecular flexibility index (Phi) is 1.93. The fourth-order valence-electron chi connectivity index (χ4n) is 1.80. The van der Waals surface area contributed by atoms with Gasteiger partial charge in [-0.25, -0.2) is 15.0 Å². The summed E-state index contributed by atoms with van der Waals surface area (Å²) in [5.74, 6) is 0.896. The molecule has 3 rings (SSSR count). The zero-order valence-corrected chi connectivity index (χ0v) is 8.83. The van der Waals surface area contributed by atoms with E-state index in [0.717, 1.165) is 17.2 Å². The van der Waals surface area contributed by atoms with Crippen molar-refractivity contribution in [3.63, 3.8) is 0 Å². The van der Waals surface area contributed by atoms with Crippen LogP contribution in [0.3, 0.4) is 0 Å². The normalized spacial score (nSPS) is 10.8. The molecule has 2 aromatic heterocycles. The number of rotatable bonds is 1. The highest BCUT2D eigenvalue weighted by Crippen LogP contribution is 2.17. The highest BCUT2D eigenvalue weighted by Gasteiger charge is 2.09. The number of hydrogen-bond acceptors (Lipinski definition) is 3. The largest absolute Gasteiger partial charge is 0.280 e. The molecule has 4 heteroatoms. The minimum Gasteiger partial charge on any atom is -0.280 e. The van der Waals surface area contributed by atoms with Gasteiger partial charge in [-0.3, -0.25) is 4.57 Å². The summed E-state index contributed by atoms with van der Waals surface area (Å²) >= 11 is 0. The first-order chi connectivity index (χ1) is 7.86. The Bertz CT molecular complexity index is 628. The third-order valence-corrected chi connectivity index (χ3v) is 2.48. The van der Waals surface area contributed by atoms with Crippen LogP contribution >= 0.6 is 0 Å². The first-order valence-electron chi connectivity index (χ1n) is 5.08. The topological polar surface area (TPSA) is 43.6 Å². The minimum atomic E-state index is 0.684. The number of aromatic nitrogens is 4. The number of para-hydroxylation sites is 1. The summed E-state index contributed by atoms with van der Waals surface area (Å²) in [6.45, 7) is 1.95. The van der Waals surface area contributed by atoms with E-state index in [1.807, 2.05) is 41.8 Å². The number of nitrogens with zero attached hydrogens (tertiary/aromatic N) is 4. The van der Waals surface area contributed by atoms with E-state index < -0.39 is 0 Å². The van der Waals surface area contributed by atoms with Gasteiger partial charge in [0, 0.05) is 18.1 Å². The van der Waals surface area contributed by atoms with Crippen LogP contribution in [0.2, 0.25) is 0 Å². The van der Waals surface area contributed by atoms with Crippen LogP contribution in [-0.2, 0) is 0 Å². The Labute approximate surface area is 92.6 Å². The highest BCUT2D eigenvalue weighted by molar-refractivity contribution is 5.69. The molecule has 2 heterocycles. The van der Waals surface area contributed by atoms with E-state index in [0.29, 0.717) is 5.65 Å². The van der Waals surface area contributed by atoms with Gasteiger partial charge in [-0.1, -0.05) is 18.2 Å². The summed E-state index contributed by atoms with van der Waals surface area (Å²) in [7, 11) is 0. The summed E-state index contributed by atoms with van der Waals surface area (Å²) in [4.78, 5) is 12.9. The van der Waals surface area contributed by atoms with Gasteiger partial charge in [-0.05, 0) is 19.1 Å². The number of fused-ring (bicyclic) bond motifs is 1. The van der Waals surface area contributed by atoms with Crippen LogP contribution in [0.25, 0.3) is 17.0 Å². The lowest BCUT2D eigenvalue weighted by Crippen LogP contribution is -1.97. The van der Waals surface area contributed by atoms with Gasteiger partial charge < -0.3 is 0 Å². The predicted octanol–water partition coefficient (Wildman–Crippen LogP) is 2.12. The van der Waals surface area contributed by atoms with Crippen molar-refractivity contribution in [1.82, 2.24) is 19.5 Å². The van der Waals surface area contributed by atoms with Crippen LogP contribution in [0.5, 0.6) is 0 Å². The molecule has 0 aliphatic heterocycles. The van der Waals surface area contributed by atoms with Crippen molar-refractivity contribution in [3.05, 3.63) is 48.5 Å². The van der Waals surface area contributed by atoms with Crippen LogP contribution < -0.4 is 0 Å². The van der Waals surface area contributed by atoms with Gasteiger partial charge in [0.1, 0.15) is 5.82 Å². The molecule has 0 atom stereocenters. The molecule has 0 spiro atoms. The quantitative estimate of drug-likeness (QED) is 0.618. The fraction of sp³-hybridized carbons (Fsp3) is 0.0833. The van der Waals surface area contributed by atoms with Gasteiger partial charge in [0.15, 0.2) is 11.3 Å². The molecule has 1 aromatic carbocycles. The zero-order chi connectivity index (χ0) is 11.0. The fourth-order valence-corrected chi connectivity index (χ4v) is 1.80. The Morgan fingerprint density at radius 1 is 1.00 bits per heavy atom. The van der Waals surface area contributed by atoms with Gasteiger partial charge in [0.05, 0.1) is 0 Å². The highest BCUT2D eigenvalue weighted by atomic mass is 15.2. The maximum atomic E-state index is 4.38. The van der Waals surface area contributed by atoms with E-state index in [2.05, 4.69) is 15.0 Å². The maximum absolute atomic E-state index is 4.38. The van der Waals surface area contributed by atoms with Gasteiger partial charge in [-0.15, -0.1) is 0 Å². The molecule has 0 amide bonds. The molecule has 16 heavy (non-hydrogen) atoms. The van der Waals surface area contributed by atoms with Crippen LogP contribution in [0, 0.1) is 6.92 Å². The van der Waals surface area contributed by atoms with Crippen molar-refractivity contribution in [3.8, 4) is 5.69 Å². The van der Waals surface area contributed by atoms with Gasteiger partial charge in [0.25, 0.3) is 0 Å². The van der Waals surface area contributed by atoms with Crippen molar-refractivity contribution in [2.24, 2.45) is 0 Å². The lowest BCUT2D eigenvalue weighted by Gasteiger charge is -2.04. The second-order valence-corrected chi connectivity index (χ2v) is 3.53. The third kappa shape index (κ3) is 1.27. The molecule has 3 aromatic rings. The summed E-state index contributed by atoms with van der Waals surface area (Å²) in [5.41, 5.74) is 2.54. The molecule has 0 bridgehead atoms. The number of aryl methyl sites for hydroxylation is 1. The van der Waals surface area contributed by atoms with Gasteiger partial charge in [0.2, 0.25) is 0 Å². The van der Waals surface area contributed by atoms with Crippen molar-refractivity contribution >= 4 is 11.3 Å². The maximum Gasteiger partial charge on any atom is 0.198 e. The number of benzene rings is 1. The summed E-state index contributed by atoms with van der Waals surface area (Å²) < 4.78 is 2.00. The second kappa shape index (κ2) is 3.41. The lowest BCUT2D eigenvalue weighted by atomic mass is 10.3. The molecule has 0 radical (unpaired) electrons. The van der Waals surface area contributed by atoms with E-state index in [9.17, 15) is 0 Å². The average molecular weight is 210 g/mol. The van der Waals surface area contributed by atoms with Crippen LogP contribution in [-0.4, -0.2) is 19.5 Å². The Hall–Kier alpha value is -2.23. The molecule has 0 unspecified atom stereocenters. The third-order valence-electron chi connectivity index (χ3n) is 2.48. The van der Waals surface area contributed by atoms with E-state index in [1.54, 1.807) is 12.4 Å². The molecule has 0 aliphatic carbocycles. The van der Waals surface area contributed by atoms with E-state index in [-0.39, 0.29) is 0 Å². The van der Waals surface area contributed by atoms with Crippen molar-refractivity contribution < 1.29 is 0 Å². The lowest BCUT2D eigenvalue weighted by molar-refractivity contribution is 0.987. The predicted molar refractivity (Wildman–Crippen MR) is 61.4 cm³/mol. The zero-order valence-electron chi connectivity index (χ0n) is 8.83. The first-order valence-corrected chi connectivity index (χ1v) is 5.08. The molecule has 0 saturated heterocycles. The second-order valence-electron chi connectivity index (χ2n) is 3.53. The summed E-state index contributed by atoms with van der Waals surface area (Å²) in [5, 5.41) is 0. The summed E-state index contributed by atoms with van der Waals surface area (Å²) in [6, 6.07) is 10.0. The number of imidazole rings is 1. The monoisotopic (exact) mass is 210 g/mol. The molecule has 4 nitrogen and oxygen atoms in total. The smallest absolute Gasteiger partial charge is 0.198 e. The average Bonchev–Trinajstić information content (AvgIpc) is 2.66. The van der Waals surface area contributed by atoms with E-state index in [4.69, 9.17) is 0 Å². The Morgan fingerprint density at radius 2 is 1.75 bits per heavy atom. The molecule has 0 saturated carbocycles. The molecule has 0 N–H and O–H groups in total. The van der Waals surface area contributed by atoms with Crippen LogP contribution in [0.1, 0.15) is 5.82 Å². The molecule has 0 fully saturated rings. The van der Waals surface area contributed by atoms with Crippen molar-refractivity contribution in [2.45, 2.75) is 6.92 Å². The number of hydrogen-bond donors (Lipinski definition) is 0. The Morgan fingerprint density at radius 3 is 2.56 bits per heavy atom. The SMILES string of the molecule is Cc1nc2nccnc2n1-c1ccccc1. The van der Waals surface area contributed by atoms with Crippen LogP contribution in [0.15, 0.2) is 42.7 Å². The van der Waals surface area contributed by atoms with E-state index in [1.165, 1.54) is 0 Å². The molecule has 0 aliphatic rings. The van der Waals surface area contributed by atoms with Gasteiger partial charge in [-0.2, -0.15) is 0 Å². The minimum absolute atomic E-state index is 0.684. The van der Waals surface area contributed by atoms with Crippen molar-refractivity contribution in [2.75, 3.05) is 0 Å². The van der Waals surface area contributed by atoms with Gasteiger partial charge >= 0.3 is 0 Å². The standard InChI is InChI=1S/C12H10N4/c1-9-15-11-12(14-8-7-13-11)16(9)10-5-3-2-4-6-10/h2-8H,1H3. The molecular formula is C12H10N4. The molecule has 78 valence electrons. The van der Waals surface area contributed by atoms with Crippen molar-refractivity contribution in [1.29, 1.82) is 0 Å². The Balaban J connectivity index is 2.35. The molecular weight excluding hydrogens is 200 g/mol. The first kappa shape index (κ1) is 9.03. The summed E-state index contributed by atoms with van der Waals surface area (Å²) in [6.07, 6.45) is 3.34. The van der Waals surface area contributed by atoms with Crippen LogP contribution in [0.4, 0.5) is 0 Å².